The summed E-state index contributed by atoms with van der Waals surface area (Å²) >= 11 is 0. The van der Waals surface area contributed by atoms with Crippen molar-refractivity contribution in [3.63, 3.8) is 0 Å². The lowest BCUT2D eigenvalue weighted by molar-refractivity contribution is 0.624. The Hall–Kier alpha value is -3.18. The van der Waals surface area contributed by atoms with Crippen LogP contribution in [0, 0.1) is 17.1 Å². The summed E-state index contributed by atoms with van der Waals surface area (Å²) < 4.78 is 27.5. The molecule has 148 valence electrons. The smallest absolute Gasteiger partial charge is 0.148 e. The molecule has 0 atom stereocenters. The van der Waals surface area contributed by atoms with Gasteiger partial charge >= 0.3 is 0 Å². The number of nitriles is 1. The van der Waals surface area contributed by atoms with Crippen molar-refractivity contribution in [2.24, 2.45) is 0 Å². The van der Waals surface area contributed by atoms with E-state index in [1.165, 1.54) is 12.1 Å². The zero-order valence-corrected chi connectivity index (χ0v) is 16.7. The molecule has 2 heterocycles. The minimum absolute atomic E-state index is 0.0143. The molecular formula is C21H20FN5OS. The number of rotatable bonds is 4. The molecule has 0 spiro atoms. The van der Waals surface area contributed by atoms with Crippen LogP contribution in [0.2, 0.25) is 0 Å². The molecule has 0 unspecified atom stereocenters. The molecule has 29 heavy (non-hydrogen) atoms. The van der Waals surface area contributed by atoms with E-state index in [0.717, 1.165) is 30.2 Å². The highest BCUT2D eigenvalue weighted by Crippen LogP contribution is 2.28. The Bertz CT molecular complexity index is 1090. The topological polar surface area (TPSA) is 74.0 Å². The molecule has 2 aromatic carbocycles. The van der Waals surface area contributed by atoms with Gasteiger partial charge in [0, 0.05) is 59.8 Å². The van der Waals surface area contributed by atoms with Crippen molar-refractivity contribution >= 4 is 22.3 Å². The van der Waals surface area contributed by atoms with Gasteiger partial charge in [-0.3, -0.25) is 4.21 Å². The third-order valence-corrected chi connectivity index (χ3v) is 6.26. The first-order valence-electron chi connectivity index (χ1n) is 9.27. The van der Waals surface area contributed by atoms with Crippen molar-refractivity contribution in [1.82, 2.24) is 9.78 Å². The van der Waals surface area contributed by atoms with E-state index in [-0.39, 0.29) is 5.56 Å². The fourth-order valence-corrected chi connectivity index (χ4v) is 4.42. The van der Waals surface area contributed by atoms with Crippen LogP contribution in [0.5, 0.6) is 0 Å². The predicted octanol–water partition coefficient (Wildman–Crippen LogP) is 3.16. The highest BCUT2D eigenvalue weighted by molar-refractivity contribution is 7.85. The summed E-state index contributed by atoms with van der Waals surface area (Å²) in [7, 11) is 1.07. The van der Waals surface area contributed by atoms with E-state index < -0.39 is 16.6 Å². The number of benzene rings is 2. The molecule has 0 amide bonds. The Morgan fingerprint density at radius 2 is 1.79 bits per heavy atom. The molecule has 1 aromatic heterocycles. The van der Waals surface area contributed by atoms with Crippen LogP contribution in [0.15, 0.2) is 48.5 Å². The van der Waals surface area contributed by atoms with Crippen LogP contribution >= 0.6 is 0 Å². The third kappa shape index (κ3) is 3.87. The molecule has 3 aromatic rings. The highest BCUT2D eigenvalue weighted by atomic mass is 32.2. The molecule has 4 rings (SSSR count). The lowest BCUT2D eigenvalue weighted by Gasteiger charge is -2.28. The van der Waals surface area contributed by atoms with Crippen LogP contribution in [-0.4, -0.2) is 45.6 Å². The zero-order chi connectivity index (χ0) is 20.4. The van der Waals surface area contributed by atoms with Crippen LogP contribution in [0.3, 0.4) is 0 Å². The Balaban J connectivity index is 1.68. The minimum Gasteiger partial charge on any atom is -0.372 e. The molecule has 6 nitrogen and oxygen atoms in total. The van der Waals surface area contributed by atoms with E-state index in [9.17, 15) is 8.60 Å². The summed E-state index contributed by atoms with van der Waals surface area (Å²) in [6.45, 7) is 1.57. The van der Waals surface area contributed by atoms with Gasteiger partial charge in [0.05, 0.1) is 16.9 Å². The van der Waals surface area contributed by atoms with Gasteiger partial charge in [0.2, 0.25) is 0 Å². The fraction of sp³-hybridized carbons (Fsp3) is 0.238. The second-order valence-corrected chi connectivity index (χ2v) is 8.43. The second kappa shape index (κ2) is 8.05. The van der Waals surface area contributed by atoms with Gasteiger partial charge in [0.25, 0.3) is 0 Å². The summed E-state index contributed by atoms with van der Waals surface area (Å²) in [5.74, 6) is 1.50. The Morgan fingerprint density at radius 1 is 1.10 bits per heavy atom. The van der Waals surface area contributed by atoms with Gasteiger partial charge in [0.1, 0.15) is 17.7 Å². The summed E-state index contributed by atoms with van der Waals surface area (Å²) in [6, 6.07) is 16.2. The van der Waals surface area contributed by atoms with Crippen LogP contribution in [0.1, 0.15) is 5.56 Å². The highest BCUT2D eigenvalue weighted by Gasteiger charge is 2.17. The van der Waals surface area contributed by atoms with Crippen molar-refractivity contribution in [2.45, 2.75) is 0 Å². The molecule has 0 bridgehead atoms. The standard InChI is InChI=1S/C21H20FN5OS/c1-24-21-13-20(15-2-3-16(14-23)19(22)12-15)27(25-21)18-6-4-17(5-7-18)26-8-10-29(28)11-9-26/h2-7,12-13H,8-11H2,1H3,(H,24,25). The maximum Gasteiger partial charge on any atom is 0.148 e. The lowest BCUT2D eigenvalue weighted by atomic mass is 10.1. The maximum atomic E-state index is 14.2. The number of hydrogen-bond donors (Lipinski definition) is 1. The van der Waals surface area contributed by atoms with Crippen molar-refractivity contribution in [2.75, 3.05) is 41.9 Å². The maximum absolute atomic E-state index is 14.2. The SMILES string of the molecule is CNc1cc(-c2ccc(C#N)c(F)c2)n(-c2ccc(N3CCS(=O)CC3)cc2)n1. The summed E-state index contributed by atoms with van der Waals surface area (Å²) in [6.07, 6.45) is 0. The van der Waals surface area contributed by atoms with Crippen molar-refractivity contribution in [3.05, 3.63) is 59.9 Å². The molecule has 1 saturated heterocycles. The van der Waals surface area contributed by atoms with Gasteiger partial charge in [-0.15, -0.1) is 5.10 Å². The number of hydrogen-bond acceptors (Lipinski definition) is 5. The molecule has 1 fully saturated rings. The first kappa shape index (κ1) is 19.2. The predicted molar refractivity (Wildman–Crippen MR) is 113 cm³/mol. The Kier molecular flexibility index (Phi) is 5.32. The molecule has 0 saturated carbocycles. The third-order valence-electron chi connectivity index (χ3n) is 4.99. The molecule has 0 radical (unpaired) electrons. The van der Waals surface area contributed by atoms with Crippen LogP contribution < -0.4 is 10.2 Å². The zero-order valence-electron chi connectivity index (χ0n) is 15.9. The fourth-order valence-electron chi connectivity index (χ4n) is 3.37. The molecule has 1 aliphatic heterocycles. The number of halogens is 1. The van der Waals surface area contributed by atoms with Crippen LogP contribution in [-0.2, 0) is 10.8 Å². The van der Waals surface area contributed by atoms with E-state index in [1.54, 1.807) is 17.8 Å². The molecule has 1 N–H and O–H groups in total. The van der Waals surface area contributed by atoms with Gasteiger partial charge in [-0.1, -0.05) is 6.07 Å². The second-order valence-electron chi connectivity index (χ2n) is 6.73. The van der Waals surface area contributed by atoms with Gasteiger partial charge in [0.15, 0.2) is 0 Å². The Labute approximate surface area is 171 Å². The van der Waals surface area contributed by atoms with Crippen LogP contribution in [0.4, 0.5) is 15.9 Å². The molecule has 1 aliphatic rings. The number of nitrogens with zero attached hydrogens (tertiary/aromatic N) is 4. The number of anilines is 2. The minimum atomic E-state index is -0.709. The van der Waals surface area contributed by atoms with E-state index in [0.29, 0.717) is 22.9 Å². The number of aromatic nitrogens is 2. The van der Waals surface area contributed by atoms with Gasteiger partial charge in [-0.05, 0) is 36.4 Å². The van der Waals surface area contributed by atoms with Crippen molar-refractivity contribution in [3.8, 4) is 23.0 Å². The average molecular weight is 409 g/mol. The van der Waals surface area contributed by atoms with E-state index in [4.69, 9.17) is 5.26 Å². The quantitative estimate of drug-likeness (QED) is 0.717. The van der Waals surface area contributed by atoms with Gasteiger partial charge in [-0.2, -0.15) is 5.26 Å². The number of nitrogens with one attached hydrogen (secondary N) is 1. The van der Waals surface area contributed by atoms with Gasteiger partial charge in [-0.25, -0.2) is 9.07 Å². The Morgan fingerprint density at radius 3 is 2.41 bits per heavy atom. The first-order valence-corrected chi connectivity index (χ1v) is 10.8. The van der Waals surface area contributed by atoms with Crippen LogP contribution in [0.25, 0.3) is 16.9 Å². The normalized spacial score (nSPS) is 14.6. The van der Waals surface area contributed by atoms with E-state index in [2.05, 4.69) is 15.3 Å². The molecular weight excluding hydrogens is 389 g/mol. The summed E-state index contributed by atoms with van der Waals surface area (Å²) in [5.41, 5.74) is 3.30. The summed E-state index contributed by atoms with van der Waals surface area (Å²) in [4.78, 5) is 2.23. The largest absolute Gasteiger partial charge is 0.372 e. The van der Waals surface area contributed by atoms with Gasteiger partial charge < -0.3 is 10.2 Å². The molecule has 0 aliphatic carbocycles. The van der Waals surface area contributed by atoms with Crippen molar-refractivity contribution in [1.29, 1.82) is 5.26 Å². The first-order chi connectivity index (χ1) is 14.1. The molecule has 8 heteroatoms. The average Bonchev–Trinajstić information content (AvgIpc) is 3.19. The lowest BCUT2D eigenvalue weighted by Crippen LogP contribution is -2.37. The monoisotopic (exact) mass is 409 g/mol. The summed E-state index contributed by atoms with van der Waals surface area (Å²) in [5, 5.41) is 16.5. The van der Waals surface area contributed by atoms with Crippen molar-refractivity contribution < 1.29 is 8.60 Å². The van der Waals surface area contributed by atoms with E-state index >= 15 is 0 Å². The van der Waals surface area contributed by atoms with E-state index in [1.807, 2.05) is 36.4 Å².